The first-order valence-electron chi connectivity index (χ1n) is 8.90. The van der Waals surface area contributed by atoms with Crippen molar-refractivity contribution >= 4 is 34.6 Å². The van der Waals surface area contributed by atoms with Gasteiger partial charge in [-0.05, 0) is 67.4 Å². The summed E-state index contributed by atoms with van der Waals surface area (Å²) in [6.07, 6.45) is 1.61. The highest BCUT2D eigenvalue weighted by Crippen LogP contribution is 2.20. The Bertz CT molecular complexity index is 996. The molecule has 3 aromatic rings. The second-order valence-electron chi connectivity index (χ2n) is 6.59. The largest absolute Gasteiger partial charge is 0.354 e. The zero-order valence-electron chi connectivity index (χ0n) is 16.0. The molecular weight excluding hydrogens is 352 g/mol. The van der Waals surface area contributed by atoms with Crippen molar-refractivity contribution < 1.29 is 9.59 Å². The van der Waals surface area contributed by atoms with E-state index in [2.05, 4.69) is 20.9 Å². The number of nitrogens with one attached hydrogen (secondary N) is 3. The predicted molar refractivity (Wildman–Crippen MR) is 112 cm³/mol. The Morgan fingerprint density at radius 2 is 1.50 bits per heavy atom. The topological polar surface area (TPSA) is 83.1 Å². The van der Waals surface area contributed by atoms with E-state index in [1.54, 1.807) is 18.3 Å². The van der Waals surface area contributed by atoms with Gasteiger partial charge in [0.25, 0.3) is 5.91 Å². The molecule has 0 unspecified atom stereocenters. The van der Waals surface area contributed by atoms with Crippen LogP contribution in [0.15, 0.2) is 60.8 Å². The molecule has 0 fully saturated rings. The summed E-state index contributed by atoms with van der Waals surface area (Å²) < 4.78 is 0. The van der Waals surface area contributed by atoms with Gasteiger partial charge < -0.3 is 16.0 Å². The summed E-state index contributed by atoms with van der Waals surface area (Å²) in [6, 6.07) is 16.7. The third-order valence-electron chi connectivity index (χ3n) is 4.13. The smallest absolute Gasteiger partial charge is 0.274 e. The first-order valence-corrected chi connectivity index (χ1v) is 8.90. The fourth-order valence-electron chi connectivity index (χ4n) is 2.67. The molecule has 0 saturated heterocycles. The number of rotatable bonds is 5. The summed E-state index contributed by atoms with van der Waals surface area (Å²) in [5, 5.41) is 8.83. The minimum Gasteiger partial charge on any atom is -0.354 e. The third kappa shape index (κ3) is 4.94. The van der Waals surface area contributed by atoms with E-state index >= 15 is 0 Å². The fourth-order valence-corrected chi connectivity index (χ4v) is 2.67. The molecule has 0 saturated carbocycles. The van der Waals surface area contributed by atoms with Crippen molar-refractivity contribution in [2.24, 2.45) is 0 Å². The molecule has 2 amide bonds. The lowest BCUT2D eigenvalue weighted by molar-refractivity contribution is -0.114. The van der Waals surface area contributed by atoms with Crippen molar-refractivity contribution in [2.75, 3.05) is 16.0 Å². The molecule has 0 spiro atoms. The number of pyridine rings is 1. The lowest BCUT2D eigenvalue weighted by Crippen LogP contribution is -2.14. The summed E-state index contributed by atoms with van der Waals surface area (Å²) in [6.45, 7) is 5.40. The molecule has 6 heteroatoms. The number of anilines is 4. The molecule has 6 nitrogen and oxygen atoms in total. The van der Waals surface area contributed by atoms with Gasteiger partial charge >= 0.3 is 0 Å². The maximum atomic E-state index is 12.4. The number of aromatic nitrogens is 1. The number of hydrogen-bond donors (Lipinski definition) is 3. The van der Waals surface area contributed by atoms with Crippen LogP contribution in [0.2, 0.25) is 0 Å². The van der Waals surface area contributed by atoms with Crippen LogP contribution in [0.5, 0.6) is 0 Å². The molecule has 3 N–H and O–H groups in total. The number of amides is 2. The lowest BCUT2D eigenvalue weighted by Gasteiger charge is -2.10. The number of carbonyl (C=O) groups is 2. The molecule has 0 aliphatic carbocycles. The molecule has 1 heterocycles. The van der Waals surface area contributed by atoms with Gasteiger partial charge in [0.2, 0.25) is 5.91 Å². The van der Waals surface area contributed by atoms with E-state index in [-0.39, 0.29) is 11.8 Å². The summed E-state index contributed by atoms with van der Waals surface area (Å²) in [7, 11) is 0. The maximum Gasteiger partial charge on any atom is 0.274 e. The van der Waals surface area contributed by atoms with E-state index in [1.165, 1.54) is 6.92 Å². The van der Waals surface area contributed by atoms with Crippen LogP contribution in [0.3, 0.4) is 0 Å². The van der Waals surface area contributed by atoms with Crippen molar-refractivity contribution in [2.45, 2.75) is 20.8 Å². The van der Waals surface area contributed by atoms with Gasteiger partial charge in [-0.1, -0.05) is 12.1 Å². The van der Waals surface area contributed by atoms with Gasteiger partial charge in [0.15, 0.2) is 0 Å². The zero-order valence-corrected chi connectivity index (χ0v) is 16.0. The Labute approximate surface area is 164 Å². The van der Waals surface area contributed by atoms with E-state index in [1.807, 2.05) is 56.3 Å². The van der Waals surface area contributed by atoms with Crippen LogP contribution in [-0.2, 0) is 4.79 Å². The highest BCUT2D eigenvalue weighted by atomic mass is 16.2. The molecule has 0 atom stereocenters. The molecule has 0 aliphatic rings. The average molecular weight is 374 g/mol. The van der Waals surface area contributed by atoms with Crippen molar-refractivity contribution in [1.29, 1.82) is 0 Å². The Morgan fingerprint density at radius 3 is 2.14 bits per heavy atom. The van der Waals surface area contributed by atoms with Crippen LogP contribution >= 0.6 is 0 Å². The van der Waals surface area contributed by atoms with E-state index < -0.39 is 0 Å². The van der Waals surface area contributed by atoms with Crippen molar-refractivity contribution in [3.05, 3.63) is 77.6 Å². The Morgan fingerprint density at radius 1 is 0.821 bits per heavy atom. The Kier molecular flexibility index (Phi) is 5.69. The van der Waals surface area contributed by atoms with Crippen LogP contribution in [0, 0.1) is 13.8 Å². The number of benzene rings is 2. The van der Waals surface area contributed by atoms with Crippen LogP contribution in [0.4, 0.5) is 22.7 Å². The number of aryl methyl sites for hydroxylation is 2. The minimum atomic E-state index is -0.250. The quantitative estimate of drug-likeness (QED) is 0.607. The van der Waals surface area contributed by atoms with Crippen LogP contribution in [-0.4, -0.2) is 16.8 Å². The first kappa shape index (κ1) is 19.1. The molecule has 0 bridgehead atoms. The molecule has 1 aromatic heterocycles. The zero-order chi connectivity index (χ0) is 20.1. The predicted octanol–water partition coefficient (Wildman–Crippen LogP) is 4.65. The van der Waals surface area contributed by atoms with Gasteiger partial charge in [-0.25, -0.2) is 4.98 Å². The normalized spacial score (nSPS) is 10.2. The molecular formula is C22H22N4O2. The van der Waals surface area contributed by atoms with Gasteiger partial charge in [0.1, 0.15) is 5.69 Å². The molecule has 3 rings (SSSR count). The molecule has 0 radical (unpaired) electrons. The lowest BCUT2D eigenvalue weighted by atomic mass is 10.1. The molecule has 142 valence electrons. The van der Waals surface area contributed by atoms with E-state index in [0.29, 0.717) is 5.69 Å². The van der Waals surface area contributed by atoms with Gasteiger partial charge in [-0.2, -0.15) is 0 Å². The summed E-state index contributed by atoms with van der Waals surface area (Å²) >= 11 is 0. The summed E-state index contributed by atoms with van der Waals surface area (Å²) in [5.74, 6) is -0.362. The first-order chi connectivity index (χ1) is 13.4. The van der Waals surface area contributed by atoms with E-state index in [0.717, 1.165) is 33.9 Å². The van der Waals surface area contributed by atoms with Crippen molar-refractivity contribution in [1.82, 2.24) is 4.98 Å². The van der Waals surface area contributed by atoms with Gasteiger partial charge in [-0.15, -0.1) is 0 Å². The van der Waals surface area contributed by atoms with E-state index in [9.17, 15) is 9.59 Å². The monoisotopic (exact) mass is 374 g/mol. The second kappa shape index (κ2) is 8.35. The highest BCUT2D eigenvalue weighted by molar-refractivity contribution is 6.03. The van der Waals surface area contributed by atoms with Crippen LogP contribution in [0.25, 0.3) is 0 Å². The molecule has 28 heavy (non-hydrogen) atoms. The number of nitrogens with zero attached hydrogens (tertiary/aromatic N) is 1. The third-order valence-corrected chi connectivity index (χ3v) is 4.13. The van der Waals surface area contributed by atoms with Crippen LogP contribution < -0.4 is 16.0 Å². The highest BCUT2D eigenvalue weighted by Gasteiger charge is 2.09. The fraction of sp³-hybridized carbons (Fsp3) is 0.136. The van der Waals surface area contributed by atoms with Gasteiger partial charge in [0.05, 0.1) is 11.9 Å². The maximum absolute atomic E-state index is 12.4. The van der Waals surface area contributed by atoms with E-state index in [4.69, 9.17) is 0 Å². The van der Waals surface area contributed by atoms with Crippen molar-refractivity contribution in [3.8, 4) is 0 Å². The standard InChI is InChI=1S/C22H22N4O2/c1-14-4-5-15(2)21(12-14)26-22(28)20-11-10-19(13-23-20)25-18-8-6-17(7-9-18)24-16(3)27/h4-13,25H,1-3H3,(H,24,27)(H,26,28). The van der Waals surface area contributed by atoms with Crippen molar-refractivity contribution in [3.63, 3.8) is 0 Å². The summed E-state index contributed by atoms with van der Waals surface area (Å²) in [5.41, 5.74) is 5.55. The van der Waals surface area contributed by atoms with Gasteiger partial charge in [0, 0.05) is 24.0 Å². The molecule has 0 aliphatic heterocycles. The van der Waals surface area contributed by atoms with Gasteiger partial charge in [-0.3, -0.25) is 9.59 Å². The Balaban J connectivity index is 1.65. The minimum absolute atomic E-state index is 0.111. The number of carbonyl (C=O) groups excluding carboxylic acids is 2. The average Bonchev–Trinajstić information content (AvgIpc) is 2.66. The summed E-state index contributed by atoms with van der Waals surface area (Å²) in [4.78, 5) is 27.8. The second-order valence-corrected chi connectivity index (χ2v) is 6.59. The molecule has 2 aromatic carbocycles. The Hall–Kier alpha value is -3.67. The van der Waals surface area contributed by atoms with Crippen LogP contribution in [0.1, 0.15) is 28.5 Å². The SMILES string of the molecule is CC(=O)Nc1ccc(Nc2ccc(C(=O)Nc3cc(C)ccc3C)nc2)cc1. The number of hydrogen-bond acceptors (Lipinski definition) is 4.